The van der Waals surface area contributed by atoms with E-state index in [0.717, 1.165) is 12.8 Å². The number of hydrogen-bond donors (Lipinski definition) is 0. The van der Waals surface area contributed by atoms with E-state index >= 15 is 0 Å². The van der Waals surface area contributed by atoms with Crippen LogP contribution in [0.25, 0.3) is 0 Å². The van der Waals surface area contributed by atoms with E-state index in [2.05, 4.69) is 0 Å². The molecule has 2 heteroatoms. The van der Waals surface area contributed by atoms with Crippen LogP contribution in [0.4, 0.5) is 0 Å². The van der Waals surface area contributed by atoms with Gasteiger partial charge in [0.25, 0.3) is 0 Å². The highest BCUT2D eigenvalue weighted by Crippen LogP contribution is 2.26. The Balaban J connectivity index is 2.38. The van der Waals surface area contributed by atoms with Crippen LogP contribution in [-0.2, 0) is 9.53 Å². The van der Waals surface area contributed by atoms with Crippen molar-refractivity contribution < 1.29 is 9.53 Å². The minimum Gasteiger partial charge on any atom is -0.460 e. The van der Waals surface area contributed by atoms with E-state index < -0.39 is 0 Å². The van der Waals surface area contributed by atoms with Gasteiger partial charge in [-0.1, -0.05) is 19.3 Å². The molecule has 76 valence electrons. The van der Waals surface area contributed by atoms with Crippen LogP contribution in [-0.4, -0.2) is 11.6 Å². The first-order chi connectivity index (χ1) is 5.99. The lowest BCUT2D eigenvalue weighted by Crippen LogP contribution is -2.29. The van der Waals surface area contributed by atoms with Crippen molar-refractivity contribution in [3.05, 3.63) is 0 Å². The van der Waals surface area contributed by atoms with Crippen LogP contribution in [0.2, 0.25) is 0 Å². The second-order valence-corrected chi connectivity index (χ2v) is 4.87. The molecule has 0 heterocycles. The third-order valence-corrected chi connectivity index (χ3v) is 2.35. The molecule has 0 amide bonds. The summed E-state index contributed by atoms with van der Waals surface area (Å²) in [5, 5.41) is 0. The van der Waals surface area contributed by atoms with Gasteiger partial charge in [0.15, 0.2) is 0 Å². The zero-order chi connectivity index (χ0) is 9.90. The zero-order valence-electron chi connectivity index (χ0n) is 8.93. The predicted octanol–water partition coefficient (Wildman–Crippen LogP) is 2.91. The first-order valence-corrected chi connectivity index (χ1v) is 5.22. The van der Waals surface area contributed by atoms with E-state index in [0.29, 0.717) is 0 Å². The fourth-order valence-corrected chi connectivity index (χ4v) is 1.72. The van der Waals surface area contributed by atoms with Crippen molar-refractivity contribution in [2.75, 3.05) is 0 Å². The molecule has 0 unspecified atom stereocenters. The molecule has 0 aromatic carbocycles. The highest BCUT2D eigenvalue weighted by molar-refractivity contribution is 5.72. The Labute approximate surface area is 80.7 Å². The number of ether oxygens (including phenoxy) is 1. The molecule has 1 rings (SSSR count). The van der Waals surface area contributed by atoms with Crippen LogP contribution in [0.15, 0.2) is 0 Å². The molecule has 1 aliphatic rings. The molecule has 1 aliphatic carbocycles. The summed E-state index contributed by atoms with van der Waals surface area (Å²) in [6, 6.07) is 0. The Bertz CT molecular complexity index is 173. The van der Waals surface area contributed by atoms with Crippen LogP contribution in [0.1, 0.15) is 52.9 Å². The molecule has 0 spiro atoms. The Hall–Kier alpha value is -0.530. The maximum absolute atomic E-state index is 11.6. The van der Waals surface area contributed by atoms with E-state index in [1.165, 1.54) is 19.3 Å². The standard InChI is InChI=1S/C11H20O2/c1-11(2,3)13-10(12)9-7-5-4-6-8-9/h9H,4-8H2,1-3H3. The summed E-state index contributed by atoms with van der Waals surface area (Å²) in [6.45, 7) is 5.77. The molecule has 0 aliphatic heterocycles. The summed E-state index contributed by atoms with van der Waals surface area (Å²) < 4.78 is 5.34. The molecule has 0 aromatic rings. The second-order valence-electron chi connectivity index (χ2n) is 4.87. The van der Waals surface area contributed by atoms with Crippen molar-refractivity contribution in [1.82, 2.24) is 0 Å². The fraction of sp³-hybridized carbons (Fsp3) is 0.909. The minimum atomic E-state index is -0.325. The molecule has 0 bridgehead atoms. The lowest BCUT2D eigenvalue weighted by molar-refractivity contribution is -0.161. The number of carbonyl (C=O) groups is 1. The summed E-state index contributed by atoms with van der Waals surface area (Å²) in [5.41, 5.74) is -0.325. The summed E-state index contributed by atoms with van der Waals surface area (Å²) in [5.74, 6) is 0.181. The molecule has 13 heavy (non-hydrogen) atoms. The fourth-order valence-electron chi connectivity index (χ4n) is 1.72. The average Bonchev–Trinajstić information content (AvgIpc) is 2.03. The lowest BCUT2D eigenvalue weighted by Gasteiger charge is -2.25. The third kappa shape index (κ3) is 3.79. The number of hydrogen-bond acceptors (Lipinski definition) is 2. The predicted molar refractivity (Wildman–Crippen MR) is 52.4 cm³/mol. The van der Waals surface area contributed by atoms with Gasteiger partial charge in [0.05, 0.1) is 5.92 Å². The van der Waals surface area contributed by atoms with Crippen LogP contribution in [0.3, 0.4) is 0 Å². The second kappa shape index (κ2) is 4.12. The first kappa shape index (κ1) is 10.6. The summed E-state index contributed by atoms with van der Waals surface area (Å²) in [4.78, 5) is 11.6. The summed E-state index contributed by atoms with van der Waals surface area (Å²) in [7, 11) is 0. The van der Waals surface area contributed by atoms with Crippen molar-refractivity contribution in [2.45, 2.75) is 58.5 Å². The van der Waals surface area contributed by atoms with Crippen molar-refractivity contribution in [2.24, 2.45) is 5.92 Å². The largest absolute Gasteiger partial charge is 0.460 e. The molecule has 0 N–H and O–H groups in total. The molecule has 0 atom stereocenters. The first-order valence-electron chi connectivity index (χ1n) is 5.22. The topological polar surface area (TPSA) is 26.3 Å². The van der Waals surface area contributed by atoms with Gasteiger partial charge in [0.2, 0.25) is 0 Å². The van der Waals surface area contributed by atoms with E-state index in [1.54, 1.807) is 0 Å². The van der Waals surface area contributed by atoms with Crippen molar-refractivity contribution in [1.29, 1.82) is 0 Å². The maximum Gasteiger partial charge on any atom is 0.309 e. The SMILES string of the molecule is CC(C)(C)OC(=O)C1CCCCC1. The monoisotopic (exact) mass is 184 g/mol. The van der Waals surface area contributed by atoms with Crippen molar-refractivity contribution >= 4 is 5.97 Å². The molecule has 0 saturated heterocycles. The molecular formula is C11H20O2. The quantitative estimate of drug-likeness (QED) is 0.586. The lowest BCUT2D eigenvalue weighted by atomic mass is 9.89. The molecular weight excluding hydrogens is 164 g/mol. The van der Waals surface area contributed by atoms with E-state index in [9.17, 15) is 4.79 Å². The van der Waals surface area contributed by atoms with Gasteiger partial charge in [-0.15, -0.1) is 0 Å². The maximum atomic E-state index is 11.6. The highest BCUT2D eigenvalue weighted by atomic mass is 16.6. The Morgan fingerprint density at radius 1 is 1.15 bits per heavy atom. The molecule has 0 aromatic heterocycles. The smallest absolute Gasteiger partial charge is 0.309 e. The molecule has 1 saturated carbocycles. The highest BCUT2D eigenvalue weighted by Gasteiger charge is 2.26. The van der Waals surface area contributed by atoms with E-state index in [-0.39, 0.29) is 17.5 Å². The zero-order valence-corrected chi connectivity index (χ0v) is 8.93. The van der Waals surface area contributed by atoms with Gasteiger partial charge in [0.1, 0.15) is 5.60 Å². The van der Waals surface area contributed by atoms with Crippen LogP contribution in [0.5, 0.6) is 0 Å². The molecule has 1 fully saturated rings. The Kier molecular flexibility index (Phi) is 3.34. The van der Waals surface area contributed by atoms with Gasteiger partial charge >= 0.3 is 5.97 Å². The van der Waals surface area contributed by atoms with Gasteiger partial charge in [0, 0.05) is 0 Å². The third-order valence-electron chi connectivity index (χ3n) is 2.35. The normalized spacial score (nSPS) is 19.9. The Morgan fingerprint density at radius 2 is 1.69 bits per heavy atom. The van der Waals surface area contributed by atoms with Gasteiger partial charge < -0.3 is 4.74 Å². The van der Waals surface area contributed by atoms with Crippen molar-refractivity contribution in [3.63, 3.8) is 0 Å². The average molecular weight is 184 g/mol. The van der Waals surface area contributed by atoms with Crippen LogP contribution in [0, 0.1) is 5.92 Å². The summed E-state index contributed by atoms with van der Waals surface area (Å²) >= 11 is 0. The van der Waals surface area contributed by atoms with Gasteiger partial charge in [-0.25, -0.2) is 0 Å². The van der Waals surface area contributed by atoms with E-state index in [4.69, 9.17) is 4.74 Å². The van der Waals surface area contributed by atoms with Gasteiger partial charge in [-0.3, -0.25) is 4.79 Å². The number of esters is 1. The van der Waals surface area contributed by atoms with Crippen LogP contribution < -0.4 is 0 Å². The number of carbonyl (C=O) groups excluding carboxylic acids is 1. The molecule has 0 radical (unpaired) electrons. The van der Waals surface area contributed by atoms with Gasteiger partial charge in [-0.05, 0) is 33.6 Å². The van der Waals surface area contributed by atoms with Crippen molar-refractivity contribution in [3.8, 4) is 0 Å². The van der Waals surface area contributed by atoms with Crippen LogP contribution >= 0.6 is 0 Å². The van der Waals surface area contributed by atoms with E-state index in [1.807, 2.05) is 20.8 Å². The summed E-state index contributed by atoms with van der Waals surface area (Å²) in [6.07, 6.45) is 5.69. The Morgan fingerprint density at radius 3 is 2.15 bits per heavy atom. The molecule has 2 nitrogen and oxygen atoms in total. The number of rotatable bonds is 1. The minimum absolute atomic E-state index is 0.00667. The van der Waals surface area contributed by atoms with Gasteiger partial charge in [-0.2, -0.15) is 0 Å².